The van der Waals surface area contributed by atoms with Crippen LogP contribution in [0.25, 0.3) is 0 Å². The normalized spacial score (nSPS) is 9.74. The molecule has 0 bridgehead atoms. The molecule has 2 aromatic rings. The lowest BCUT2D eigenvalue weighted by Gasteiger charge is -2.08. The maximum Gasteiger partial charge on any atom is 0.258 e. The predicted molar refractivity (Wildman–Crippen MR) is 72.8 cm³/mol. The molecule has 0 saturated carbocycles. The molecule has 1 N–H and O–H groups in total. The Bertz CT molecular complexity index is 671. The van der Waals surface area contributed by atoms with Gasteiger partial charge in [0.25, 0.3) is 5.91 Å². The highest BCUT2D eigenvalue weighted by Crippen LogP contribution is 2.16. The van der Waals surface area contributed by atoms with Crippen molar-refractivity contribution in [2.45, 2.75) is 13.8 Å². The Morgan fingerprint density at radius 2 is 2.05 bits per heavy atom. The molecule has 0 unspecified atom stereocenters. The molecule has 0 spiro atoms. The number of benzene rings is 1. The Balaban J connectivity index is 2.26. The molecule has 1 aromatic carbocycles. The van der Waals surface area contributed by atoms with Gasteiger partial charge in [0.1, 0.15) is 6.07 Å². The van der Waals surface area contributed by atoms with Crippen LogP contribution in [0, 0.1) is 25.2 Å². The Hall–Kier alpha value is -2.67. The Kier molecular flexibility index (Phi) is 3.58. The van der Waals surface area contributed by atoms with Crippen LogP contribution in [-0.2, 0) is 0 Å². The first-order valence-electron chi connectivity index (χ1n) is 5.84. The van der Waals surface area contributed by atoms with Crippen molar-refractivity contribution >= 4 is 11.6 Å². The van der Waals surface area contributed by atoms with Crippen LogP contribution in [0.2, 0.25) is 0 Å². The summed E-state index contributed by atoms with van der Waals surface area (Å²) in [5, 5.41) is 11.7. The molecule has 4 heteroatoms. The molecule has 2 rings (SSSR count). The van der Waals surface area contributed by atoms with Crippen LogP contribution in [0.4, 0.5) is 5.69 Å². The van der Waals surface area contributed by atoms with Crippen LogP contribution >= 0.6 is 0 Å². The van der Waals surface area contributed by atoms with Crippen molar-refractivity contribution in [3.63, 3.8) is 0 Å². The van der Waals surface area contributed by atoms with Crippen molar-refractivity contribution < 1.29 is 4.79 Å². The largest absolute Gasteiger partial charge is 0.322 e. The molecule has 0 atom stereocenters. The van der Waals surface area contributed by atoms with Crippen molar-refractivity contribution in [2.75, 3.05) is 5.32 Å². The number of hydrogen-bond donors (Lipinski definition) is 1. The summed E-state index contributed by atoms with van der Waals surface area (Å²) in [5.41, 5.74) is 3.57. The molecule has 0 aliphatic rings. The topological polar surface area (TPSA) is 65.8 Å². The van der Waals surface area contributed by atoms with Crippen molar-refractivity contribution in [1.29, 1.82) is 5.26 Å². The van der Waals surface area contributed by atoms with Gasteiger partial charge in [-0.1, -0.05) is 6.07 Å². The molecular formula is C15H13N3O. The number of aryl methyl sites for hydroxylation is 2. The maximum absolute atomic E-state index is 12.1. The van der Waals surface area contributed by atoms with Gasteiger partial charge in [-0.2, -0.15) is 5.26 Å². The molecule has 1 heterocycles. The van der Waals surface area contributed by atoms with E-state index in [0.29, 0.717) is 11.3 Å². The van der Waals surface area contributed by atoms with Crippen LogP contribution < -0.4 is 5.32 Å². The monoisotopic (exact) mass is 251 g/mol. The van der Waals surface area contributed by atoms with E-state index >= 15 is 0 Å². The van der Waals surface area contributed by atoms with Gasteiger partial charge >= 0.3 is 0 Å². The van der Waals surface area contributed by atoms with E-state index < -0.39 is 0 Å². The quantitative estimate of drug-likeness (QED) is 0.892. The zero-order valence-electron chi connectivity index (χ0n) is 10.8. The number of nitrogens with zero attached hydrogens (tertiary/aromatic N) is 2. The van der Waals surface area contributed by atoms with Gasteiger partial charge < -0.3 is 5.32 Å². The second-order valence-electron chi connectivity index (χ2n) is 4.29. The minimum absolute atomic E-state index is 0.281. The third-order valence-electron chi connectivity index (χ3n) is 2.95. The lowest BCUT2D eigenvalue weighted by molar-refractivity contribution is 0.102. The number of pyridine rings is 1. The second-order valence-corrected chi connectivity index (χ2v) is 4.29. The van der Waals surface area contributed by atoms with Gasteiger partial charge in [0.15, 0.2) is 0 Å². The van der Waals surface area contributed by atoms with Gasteiger partial charge in [0, 0.05) is 18.1 Å². The fourth-order valence-electron chi connectivity index (χ4n) is 1.69. The summed E-state index contributed by atoms with van der Waals surface area (Å²) in [5.74, 6) is -0.326. The van der Waals surface area contributed by atoms with Crippen LogP contribution in [-0.4, -0.2) is 10.9 Å². The summed E-state index contributed by atoms with van der Waals surface area (Å²) < 4.78 is 0. The lowest BCUT2D eigenvalue weighted by Crippen LogP contribution is -2.14. The molecule has 1 aromatic heterocycles. The lowest BCUT2D eigenvalue weighted by atomic mass is 10.1. The van der Waals surface area contributed by atoms with Gasteiger partial charge in [-0.05, 0) is 43.2 Å². The molecule has 0 saturated heterocycles. The first kappa shape index (κ1) is 12.8. The van der Waals surface area contributed by atoms with Gasteiger partial charge in [0.2, 0.25) is 0 Å². The van der Waals surface area contributed by atoms with E-state index in [9.17, 15) is 4.79 Å². The molecule has 0 fully saturated rings. The highest BCUT2D eigenvalue weighted by atomic mass is 16.1. The zero-order chi connectivity index (χ0) is 13.8. The SMILES string of the molecule is Cc1ccc(NC(=O)c2cnccc2C#N)cc1C. The number of rotatable bonds is 2. The maximum atomic E-state index is 12.1. The van der Waals surface area contributed by atoms with Crippen molar-refractivity contribution in [3.8, 4) is 6.07 Å². The average molecular weight is 251 g/mol. The second kappa shape index (κ2) is 5.32. The summed E-state index contributed by atoms with van der Waals surface area (Å²) in [6.45, 7) is 3.99. The molecule has 1 amide bonds. The molecule has 94 valence electrons. The van der Waals surface area contributed by atoms with Gasteiger partial charge in [-0.15, -0.1) is 0 Å². The third kappa shape index (κ3) is 2.78. The number of nitrogens with one attached hydrogen (secondary N) is 1. The van der Waals surface area contributed by atoms with Crippen molar-refractivity contribution in [1.82, 2.24) is 4.98 Å². The van der Waals surface area contributed by atoms with E-state index in [1.807, 2.05) is 38.1 Å². The Morgan fingerprint density at radius 1 is 1.26 bits per heavy atom. The Morgan fingerprint density at radius 3 is 2.74 bits per heavy atom. The smallest absolute Gasteiger partial charge is 0.258 e. The van der Waals surface area contributed by atoms with Crippen LogP contribution in [0.15, 0.2) is 36.7 Å². The minimum atomic E-state index is -0.326. The number of carbonyl (C=O) groups excluding carboxylic acids is 1. The molecule has 19 heavy (non-hydrogen) atoms. The van der Waals surface area contributed by atoms with Crippen LogP contribution in [0.3, 0.4) is 0 Å². The Labute approximate surface area is 111 Å². The summed E-state index contributed by atoms with van der Waals surface area (Å²) in [6.07, 6.45) is 2.89. The zero-order valence-corrected chi connectivity index (χ0v) is 10.8. The molecular weight excluding hydrogens is 238 g/mol. The van der Waals surface area contributed by atoms with Gasteiger partial charge in [0.05, 0.1) is 11.1 Å². The number of hydrogen-bond acceptors (Lipinski definition) is 3. The number of nitriles is 1. The van der Waals surface area contributed by atoms with Crippen molar-refractivity contribution in [3.05, 3.63) is 58.9 Å². The molecule has 0 aliphatic carbocycles. The van der Waals surface area contributed by atoms with Crippen LogP contribution in [0.1, 0.15) is 27.0 Å². The first-order valence-corrected chi connectivity index (χ1v) is 5.84. The summed E-state index contributed by atoms with van der Waals surface area (Å²) in [6, 6.07) is 9.18. The van der Waals surface area contributed by atoms with Crippen LogP contribution in [0.5, 0.6) is 0 Å². The first-order chi connectivity index (χ1) is 9.11. The number of carbonyl (C=O) groups is 1. The van der Waals surface area contributed by atoms with E-state index in [-0.39, 0.29) is 11.5 Å². The molecule has 0 radical (unpaired) electrons. The van der Waals surface area contributed by atoms with Gasteiger partial charge in [-0.3, -0.25) is 9.78 Å². The summed E-state index contributed by atoms with van der Waals surface area (Å²) in [7, 11) is 0. The van der Waals surface area contributed by atoms with E-state index in [2.05, 4.69) is 10.3 Å². The highest BCUT2D eigenvalue weighted by molar-refractivity contribution is 6.05. The number of anilines is 1. The summed E-state index contributed by atoms with van der Waals surface area (Å²) >= 11 is 0. The average Bonchev–Trinajstić information content (AvgIpc) is 2.43. The number of amides is 1. The predicted octanol–water partition coefficient (Wildman–Crippen LogP) is 2.82. The standard InChI is InChI=1S/C15H13N3O/c1-10-3-4-13(7-11(10)2)18-15(19)14-9-17-6-5-12(14)8-16/h3-7,9H,1-2H3,(H,18,19). The number of aromatic nitrogens is 1. The van der Waals surface area contributed by atoms with E-state index in [4.69, 9.17) is 5.26 Å². The third-order valence-corrected chi connectivity index (χ3v) is 2.95. The fraction of sp³-hybridized carbons (Fsp3) is 0.133. The highest BCUT2D eigenvalue weighted by Gasteiger charge is 2.11. The summed E-state index contributed by atoms with van der Waals surface area (Å²) in [4.78, 5) is 16.0. The fourth-order valence-corrected chi connectivity index (χ4v) is 1.69. The molecule has 4 nitrogen and oxygen atoms in total. The van der Waals surface area contributed by atoms with Crippen molar-refractivity contribution in [2.24, 2.45) is 0 Å². The van der Waals surface area contributed by atoms with E-state index in [1.54, 1.807) is 0 Å². The molecule has 0 aliphatic heterocycles. The van der Waals surface area contributed by atoms with E-state index in [0.717, 1.165) is 11.1 Å². The minimum Gasteiger partial charge on any atom is -0.322 e. The van der Waals surface area contributed by atoms with Gasteiger partial charge in [-0.25, -0.2) is 0 Å². The van der Waals surface area contributed by atoms with E-state index in [1.165, 1.54) is 18.5 Å².